The molecule has 0 bridgehead atoms. The molecule has 0 radical (unpaired) electrons. The normalized spacial score (nSPS) is 59.2. The number of ketones is 1. The number of aromatic nitrogens is 2. The third-order valence-corrected chi connectivity index (χ3v) is 23.5. The van der Waals surface area contributed by atoms with Gasteiger partial charge in [-0.25, -0.2) is 0 Å². The summed E-state index contributed by atoms with van der Waals surface area (Å²) in [5.74, 6) is -1.71. The number of aliphatic hydroxyl groups excluding tert-OH is 2. The first-order valence-electron chi connectivity index (χ1n) is 26.2. The Morgan fingerprint density at radius 1 is 0.727 bits per heavy atom. The molecular formula is C54H76N2O10. The molecule has 1 aromatic heterocycles. The Morgan fingerprint density at radius 2 is 1.39 bits per heavy atom. The number of rotatable bonds is 0. The molecule has 12 heteroatoms. The molecule has 5 N–H and O–H groups in total. The summed E-state index contributed by atoms with van der Waals surface area (Å²) in [5.41, 5.74) is -0.991. The van der Waals surface area contributed by atoms with Gasteiger partial charge < -0.3 is 44.5 Å². The zero-order valence-corrected chi connectivity index (χ0v) is 40.9. The fraction of sp³-hybridized carbons (Fsp3) is 0.870. The average molecular weight is 913 g/mol. The molecule has 66 heavy (non-hydrogen) atoms. The molecule has 4 saturated heterocycles. The maximum absolute atomic E-state index is 14.8. The second-order valence-electron chi connectivity index (χ2n) is 26.8. The van der Waals surface area contributed by atoms with Crippen molar-refractivity contribution < 1.29 is 49.3 Å². The smallest absolute Gasteiger partial charge is 0.174 e. The molecule has 22 atom stereocenters. The molecule has 0 unspecified atom stereocenters. The predicted molar refractivity (Wildman–Crippen MR) is 240 cm³/mol. The van der Waals surface area contributed by atoms with Crippen LogP contribution in [0.1, 0.15) is 149 Å². The van der Waals surface area contributed by atoms with Crippen molar-refractivity contribution in [1.82, 2.24) is 9.97 Å². The molecule has 3 spiro atoms. The number of hydrogen-bond donors (Lipinski definition) is 5. The minimum Gasteiger partial charge on any atom is -0.392 e. The summed E-state index contributed by atoms with van der Waals surface area (Å²) < 4.78 is 26.5. The monoisotopic (exact) mass is 913 g/mol. The Morgan fingerprint density at radius 3 is 2.03 bits per heavy atom. The number of carbonyl (C=O) groups is 1. The van der Waals surface area contributed by atoms with E-state index in [1.54, 1.807) is 6.92 Å². The Balaban J connectivity index is 0.773. The van der Waals surface area contributed by atoms with Gasteiger partial charge in [0.05, 0.1) is 69.9 Å². The zero-order chi connectivity index (χ0) is 46.5. The van der Waals surface area contributed by atoms with Crippen LogP contribution < -0.4 is 0 Å². The molecule has 5 saturated carbocycles. The van der Waals surface area contributed by atoms with Crippen molar-refractivity contribution in [3.63, 3.8) is 0 Å². The van der Waals surface area contributed by atoms with Gasteiger partial charge in [0.1, 0.15) is 17.5 Å². The van der Waals surface area contributed by atoms with Crippen LogP contribution in [-0.4, -0.2) is 106 Å². The van der Waals surface area contributed by atoms with Gasteiger partial charge >= 0.3 is 0 Å². The summed E-state index contributed by atoms with van der Waals surface area (Å²) in [7, 11) is 0. The summed E-state index contributed by atoms with van der Waals surface area (Å²) >= 11 is 0. The van der Waals surface area contributed by atoms with Crippen LogP contribution >= 0.6 is 0 Å². The highest BCUT2D eigenvalue weighted by Crippen LogP contribution is 2.74. The maximum Gasteiger partial charge on any atom is 0.174 e. The van der Waals surface area contributed by atoms with Crippen molar-refractivity contribution >= 4 is 5.78 Å². The number of hydrogen-bond acceptors (Lipinski definition) is 12. The van der Waals surface area contributed by atoms with Gasteiger partial charge in [-0.15, -0.1) is 0 Å². The summed E-state index contributed by atoms with van der Waals surface area (Å²) in [6.07, 6.45) is 9.36. The van der Waals surface area contributed by atoms with Crippen LogP contribution in [0.25, 0.3) is 0 Å². The molecule has 9 fully saturated rings. The van der Waals surface area contributed by atoms with E-state index in [4.69, 9.17) is 28.9 Å². The molecule has 4 aliphatic heterocycles. The fourth-order valence-corrected chi connectivity index (χ4v) is 19.7. The van der Waals surface area contributed by atoms with Gasteiger partial charge in [-0.05, 0) is 139 Å². The van der Waals surface area contributed by atoms with Gasteiger partial charge in [-0.3, -0.25) is 14.8 Å². The van der Waals surface area contributed by atoms with Crippen LogP contribution in [-0.2, 0) is 49.4 Å². The van der Waals surface area contributed by atoms with Crippen molar-refractivity contribution in [2.45, 2.75) is 211 Å². The number of fused-ring (bicyclic) bond motifs is 14. The molecule has 12 aliphatic rings. The van der Waals surface area contributed by atoms with Gasteiger partial charge in [0, 0.05) is 48.3 Å². The SMILES string of the molecule is C[C@@H]1[C@@H]2[C@@H](C[C@]3(C(=O)C[C@@H]4[C@H]3CC[C@@H]3Cc5nc6c(nc5C[C@@]34C)C[C@H]3C[C@H](O)[C@@H]4C5=C[C@@H]7O[C@]8(CC[C@@](C)(O)CO8)[C@@H](C)[C@]7(O)[C@@]5(C)[C@@H](O)C[C@@H]4[C@@]3(C)C6)[C@]2(C)O)O[C@@]12CCC(C)(C)O2. The maximum atomic E-state index is 14.8. The summed E-state index contributed by atoms with van der Waals surface area (Å²) in [6.45, 7) is 19.0. The first-order chi connectivity index (χ1) is 30.8. The molecule has 0 aromatic carbocycles. The molecule has 8 aliphatic carbocycles. The van der Waals surface area contributed by atoms with Crippen LogP contribution in [0, 0.1) is 74.9 Å². The van der Waals surface area contributed by atoms with E-state index in [0.29, 0.717) is 44.4 Å². The first-order valence-corrected chi connectivity index (χ1v) is 26.2. The van der Waals surface area contributed by atoms with Crippen molar-refractivity contribution in [2.75, 3.05) is 6.61 Å². The van der Waals surface area contributed by atoms with Gasteiger partial charge in [-0.2, -0.15) is 0 Å². The lowest BCUT2D eigenvalue weighted by Gasteiger charge is -2.62. The molecule has 5 heterocycles. The van der Waals surface area contributed by atoms with Crippen molar-refractivity contribution in [2.24, 2.45) is 74.9 Å². The number of Topliss-reactive ketones (excluding diaryl/α,β-unsaturated/α-hetero) is 1. The standard InChI is InChI=1S/C54H76N2O10/c1-26-44-39(64-52(26)14-12-45(3,4)66-52)24-51(50(44,9)61)30-11-10-28-16-34-36(22-47(28,6)31(30)19-41(51)59)56-35-17-29-18-38(57)43-32(48(29,7)23-37(35)55-34)20-40(58)49(8)33(43)21-42-54(49,62)27(2)53(65-42)15-13-46(5,60)25-63-53/h21,26-32,38-40,42-44,57-58,60-62H,10-20,22-25H2,1-9H3/t26-,27-,28-,29+,30-,31-,32+,38+,39-,40+,42+,43+,44-,46-,47+,48+,49-,50-,51+,52-,53-,54-/m1/s1. The molecule has 0 amide bonds. The van der Waals surface area contributed by atoms with Gasteiger partial charge in [-0.1, -0.05) is 46.3 Å². The highest BCUT2D eigenvalue weighted by atomic mass is 16.7. The minimum absolute atomic E-state index is 0.0157. The van der Waals surface area contributed by atoms with Crippen LogP contribution in [0.3, 0.4) is 0 Å². The van der Waals surface area contributed by atoms with E-state index in [-0.39, 0.29) is 76.4 Å². The van der Waals surface area contributed by atoms with Crippen LogP contribution in [0.4, 0.5) is 0 Å². The summed E-state index contributed by atoms with van der Waals surface area (Å²) in [5, 5.41) is 61.3. The molecule has 12 nitrogen and oxygen atoms in total. The fourth-order valence-electron chi connectivity index (χ4n) is 19.7. The van der Waals surface area contributed by atoms with E-state index >= 15 is 0 Å². The van der Waals surface area contributed by atoms with Crippen LogP contribution in [0.15, 0.2) is 11.6 Å². The molecule has 1 aromatic rings. The second kappa shape index (κ2) is 13.0. The van der Waals surface area contributed by atoms with E-state index in [0.717, 1.165) is 79.7 Å². The summed E-state index contributed by atoms with van der Waals surface area (Å²) in [6, 6.07) is 0. The van der Waals surface area contributed by atoms with Gasteiger partial charge in [0.15, 0.2) is 11.6 Å². The lowest BCUT2D eigenvalue weighted by Crippen LogP contribution is -2.66. The zero-order valence-electron chi connectivity index (χ0n) is 40.9. The molecule has 13 rings (SSSR count). The van der Waals surface area contributed by atoms with Crippen molar-refractivity contribution in [3.05, 3.63) is 34.4 Å². The Hall–Kier alpha value is -1.87. The van der Waals surface area contributed by atoms with E-state index in [9.17, 15) is 30.3 Å². The van der Waals surface area contributed by atoms with E-state index in [2.05, 4.69) is 34.6 Å². The van der Waals surface area contributed by atoms with Crippen molar-refractivity contribution in [1.29, 1.82) is 0 Å². The van der Waals surface area contributed by atoms with E-state index in [1.165, 1.54) is 0 Å². The second-order valence-corrected chi connectivity index (χ2v) is 26.8. The topological polar surface area (TPSA) is 181 Å². The highest BCUT2D eigenvalue weighted by Gasteiger charge is 2.80. The first kappa shape index (κ1) is 44.1. The molecular weight excluding hydrogens is 837 g/mol. The Bertz CT molecular complexity index is 2340. The quantitative estimate of drug-likeness (QED) is 0.200. The lowest BCUT2D eigenvalue weighted by atomic mass is 9.44. The minimum atomic E-state index is -1.44. The van der Waals surface area contributed by atoms with E-state index in [1.807, 2.05) is 26.8 Å². The predicted octanol–water partition coefficient (Wildman–Crippen LogP) is 5.73. The number of aliphatic hydroxyl groups is 5. The largest absolute Gasteiger partial charge is 0.392 e. The third kappa shape index (κ3) is 5.02. The van der Waals surface area contributed by atoms with Gasteiger partial charge in [0.2, 0.25) is 0 Å². The summed E-state index contributed by atoms with van der Waals surface area (Å²) in [4.78, 5) is 25.9. The lowest BCUT2D eigenvalue weighted by molar-refractivity contribution is -0.289. The molecule has 362 valence electrons. The number of carbonyl (C=O) groups excluding carboxylic acids is 1. The average Bonchev–Trinajstić information content (AvgIpc) is 3.99. The Kier molecular flexibility index (Phi) is 8.66. The van der Waals surface area contributed by atoms with Gasteiger partial charge in [0.25, 0.3) is 0 Å². The van der Waals surface area contributed by atoms with Crippen LogP contribution in [0.5, 0.6) is 0 Å². The number of nitrogens with zero attached hydrogens (tertiary/aromatic N) is 2. The van der Waals surface area contributed by atoms with Crippen LogP contribution in [0.2, 0.25) is 0 Å². The van der Waals surface area contributed by atoms with E-state index < -0.39 is 63.4 Å². The number of ether oxygens (including phenoxy) is 4. The third-order valence-electron chi connectivity index (χ3n) is 23.5. The van der Waals surface area contributed by atoms with Crippen molar-refractivity contribution in [3.8, 4) is 0 Å². The Labute approximate surface area is 390 Å². The highest BCUT2D eigenvalue weighted by molar-refractivity contribution is 5.90.